The van der Waals surface area contributed by atoms with Crippen molar-refractivity contribution in [2.45, 2.75) is 65.8 Å². The molecule has 108 valence electrons. The van der Waals surface area contributed by atoms with Gasteiger partial charge in [-0.2, -0.15) is 0 Å². The molecule has 0 aromatic heterocycles. The molecular formula is C13H28O4Si. The topological polar surface area (TPSA) is 44.8 Å². The van der Waals surface area contributed by atoms with E-state index in [2.05, 4.69) is 33.9 Å². The van der Waals surface area contributed by atoms with Crippen LogP contribution >= 0.6 is 0 Å². The highest BCUT2D eigenvalue weighted by Crippen LogP contribution is 2.37. The molecule has 5 heteroatoms. The highest BCUT2D eigenvalue weighted by Gasteiger charge is 2.42. The van der Waals surface area contributed by atoms with E-state index in [1.807, 2.05) is 20.8 Å². The van der Waals surface area contributed by atoms with Crippen molar-refractivity contribution in [3.8, 4) is 0 Å². The number of hydrogen-bond donors (Lipinski definition) is 0. The van der Waals surface area contributed by atoms with Crippen molar-refractivity contribution in [1.29, 1.82) is 0 Å². The molecule has 0 spiro atoms. The molecule has 0 aliphatic heterocycles. The third kappa shape index (κ3) is 4.70. The second-order valence-corrected chi connectivity index (χ2v) is 11.9. The molecular weight excluding hydrogens is 248 g/mol. The lowest BCUT2D eigenvalue weighted by Crippen LogP contribution is -2.45. The van der Waals surface area contributed by atoms with E-state index in [1.165, 1.54) is 7.11 Å². The second kappa shape index (κ2) is 5.71. The first-order valence-corrected chi connectivity index (χ1v) is 9.16. The Hall–Kier alpha value is -0.393. The number of ether oxygens (including phenoxy) is 1. The van der Waals surface area contributed by atoms with Gasteiger partial charge in [0.05, 0.1) is 7.11 Å². The zero-order valence-electron chi connectivity index (χ0n) is 13.2. The van der Waals surface area contributed by atoms with Gasteiger partial charge in [-0.05, 0) is 18.1 Å². The number of carbonyl (C=O) groups is 1. The quantitative estimate of drug-likeness (QED) is 0.341. The molecule has 0 aromatic carbocycles. The van der Waals surface area contributed by atoms with Gasteiger partial charge in [0.2, 0.25) is 8.32 Å². The molecule has 18 heavy (non-hydrogen) atoms. The third-order valence-electron chi connectivity index (χ3n) is 3.36. The maximum Gasteiger partial charge on any atom is 0.338 e. The van der Waals surface area contributed by atoms with Gasteiger partial charge in [0.1, 0.15) is 0 Å². The fourth-order valence-corrected chi connectivity index (χ4v) is 1.52. The predicted octanol–water partition coefficient (Wildman–Crippen LogP) is 3.53. The summed E-state index contributed by atoms with van der Waals surface area (Å²) in [6.07, 6.45) is -0.711. The van der Waals surface area contributed by atoms with E-state index in [-0.39, 0.29) is 10.5 Å². The lowest BCUT2D eigenvalue weighted by Gasteiger charge is -2.37. The average molecular weight is 276 g/mol. The molecule has 0 radical (unpaired) electrons. The van der Waals surface area contributed by atoms with Gasteiger partial charge in [0, 0.05) is 5.41 Å². The van der Waals surface area contributed by atoms with Gasteiger partial charge in [-0.25, -0.2) is 9.68 Å². The monoisotopic (exact) mass is 276 g/mol. The molecule has 0 N–H and O–H groups in total. The third-order valence-corrected chi connectivity index (χ3v) is 7.49. The van der Waals surface area contributed by atoms with Crippen LogP contribution < -0.4 is 0 Å². The molecule has 0 bridgehead atoms. The number of rotatable bonds is 4. The van der Waals surface area contributed by atoms with Crippen LogP contribution in [0.2, 0.25) is 18.1 Å². The summed E-state index contributed by atoms with van der Waals surface area (Å²) in [4.78, 5) is 17.2. The summed E-state index contributed by atoms with van der Waals surface area (Å²) in [6.45, 7) is 16.3. The van der Waals surface area contributed by atoms with Crippen molar-refractivity contribution in [2.24, 2.45) is 5.41 Å². The van der Waals surface area contributed by atoms with Crippen LogP contribution in [0.1, 0.15) is 41.5 Å². The summed E-state index contributed by atoms with van der Waals surface area (Å²) >= 11 is 0. The molecule has 0 rings (SSSR count). The van der Waals surface area contributed by atoms with Crippen LogP contribution in [0.15, 0.2) is 0 Å². The Morgan fingerprint density at radius 3 is 1.78 bits per heavy atom. The fourth-order valence-electron chi connectivity index (χ4n) is 0.938. The van der Waals surface area contributed by atoms with Crippen LogP contribution in [-0.2, 0) is 19.0 Å². The van der Waals surface area contributed by atoms with Gasteiger partial charge < -0.3 is 4.74 Å². The molecule has 1 unspecified atom stereocenters. The highest BCUT2D eigenvalue weighted by molar-refractivity contribution is 6.73. The summed E-state index contributed by atoms with van der Waals surface area (Å²) in [5, 5.41) is 0.0333. The Bertz CT molecular complexity index is 286. The van der Waals surface area contributed by atoms with Crippen molar-refractivity contribution in [3.63, 3.8) is 0 Å². The Morgan fingerprint density at radius 2 is 1.50 bits per heavy atom. The van der Waals surface area contributed by atoms with E-state index >= 15 is 0 Å². The number of carbonyl (C=O) groups excluding carboxylic acids is 1. The first-order chi connectivity index (χ1) is 7.83. The lowest BCUT2D eigenvalue weighted by atomic mass is 9.89. The van der Waals surface area contributed by atoms with Crippen LogP contribution in [0.4, 0.5) is 0 Å². The number of esters is 1. The molecule has 0 amide bonds. The van der Waals surface area contributed by atoms with Crippen LogP contribution in [0.3, 0.4) is 0 Å². The molecule has 4 nitrogen and oxygen atoms in total. The maximum absolute atomic E-state index is 11.7. The van der Waals surface area contributed by atoms with E-state index < -0.39 is 20.4 Å². The summed E-state index contributed by atoms with van der Waals surface area (Å²) in [5.41, 5.74) is -0.366. The zero-order chi connectivity index (χ0) is 14.8. The van der Waals surface area contributed by atoms with Gasteiger partial charge in [0.15, 0.2) is 6.10 Å². The van der Waals surface area contributed by atoms with E-state index in [1.54, 1.807) is 0 Å². The number of methoxy groups -OCH3 is 1. The zero-order valence-corrected chi connectivity index (χ0v) is 14.2. The predicted molar refractivity (Wildman–Crippen MR) is 74.6 cm³/mol. The van der Waals surface area contributed by atoms with Crippen LogP contribution in [-0.4, -0.2) is 27.5 Å². The summed E-state index contributed by atoms with van der Waals surface area (Å²) in [7, 11) is -0.677. The Kier molecular flexibility index (Phi) is 5.59. The van der Waals surface area contributed by atoms with E-state index in [0.717, 1.165) is 0 Å². The summed E-state index contributed by atoms with van der Waals surface area (Å²) < 4.78 is 10.4. The second-order valence-electron chi connectivity index (χ2n) is 7.21. The van der Waals surface area contributed by atoms with Crippen molar-refractivity contribution in [2.75, 3.05) is 7.11 Å². The van der Waals surface area contributed by atoms with E-state index in [0.29, 0.717) is 0 Å². The van der Waals surface area contributed by atoms with Gasteiger partial charge in [-0.1, -0.05) is 41.5 Å². The fraction of sp³-hybridized carbons (Fsp3) is 0.923. The highest BCUT2D eigenvalue weighted by atomic mass is 28.4. The van der Waals surface area contributed by atoms with Gasteiger partial charge in [0.25, 0.3) is 0 Å². The summed E-state index contributed by atoms with van der Waals surface area (Å²) in [6, 6.07) is 0. The molecule has 0 aliphatic carbocycles. The standard InChI is InChI=1S/C13H28O4Si/c1-12(2,3)10(11(14)15-7)16-17-18(8,9)13(4,5)6/h10H,1-9H3. The first kappa shape index (κ1) is 17.6. The molecule has 0 fully saturated rings. The van der Waals surface area contributed by atoms with Crippen LogP contribution in [0, 0.1) is 5.41 Å². The molecule has 0 heterocycles. The molecule has 0 saturated carbocycles. The minimum Gasteiger partial charge on any atom is -0.467 e. The maximum atomic E-state index is 11.7. The van der Waals surface area contributed by atoms with Crippen LogP contribution in [0.25, 0.3) is 0 Å². The SMILES string of the molecule is COC(=O)C(OO[Si](C)(C)C(C)(C)C)C(C)(C)C. The van der Waals surface area contributed by atoms with E-state index in [4.69, 9.17) is 14.2 Å². The van der Waals surface area contributed by atoms with Crippen molar-refractivity contribution in [1.82, 2.24) is 0 Å². The van der Waals surface area contributed by atoms with Crippen molar-refractivity contribution in [3.05, 3.63) is 0 Å². The van der Waals surface area contributed by atoms with Crippen molar-refractivity contribution < 1.29 is 19.0 Å². The average Bonchev–Trinajstić information content (AvgIpc) is 2.13. The minimum absolute atomic E-state index is 0.0333. The first-order valence-electron chi connectivity index (χ1n) is 6.25. The van der Waals surface area contributed by atoms with E-state index in [9.17, 15) is 4.79 Å². The molecule has 0 aliphatic rings. The molecule has 1 atom stereocenters. The Labute approximate surface area is 112 Å². The molecule has 0 saturated heterocycles. The normalized spacial score (nSPS) is 15.4. The molecule has 0 aromatic rings. The lowest BCUT2D eigenvalue weighted by molar-refractivity contribution is -0.278. The smallest absolute Gasteiger partial charge is 0.338 e. The Morgan fingerprint density at radius 1 is 1.06 bits per heavy atom. The van der Waals surface area contributed by atoms with Gasteiger partial charge in [-0.15, -0.1) is 0 Å². The van der Waals surface area contributed by atoms with Crippen LogP contribution in [0.5, 0.6) is 0 Å². The van der Waals surface area contributed by atoms with Gasteiger partial charge >= 0.3 is 5.97 Å². The Balaban J connectivity index is 4.80. The summed E-state index contributed by atoms with van der Waals surface area (Å²) in [5.74, 6) is -0.402. The minimum atomic E-state index is -2.04. The number of hydrogen-bond acceptors (Lipinski definition) is 4. The van der Waals surface area contributed by atoms with Crippen molar-refractivity contribution >= 4 is 14.3 Å². The largest absolute Gasteiger partial charge is 0.467 e. The van der Waals surface area contributed by atoms with Gasteiger partial charge in [-0.3, -0.25) is 4.58 Å².